The highest BCUT2D eigenvalue weighted by molar-refractivity contribution is 7.14. The van der Waals surface area contributed by atoms with Crippen molar-refractivity contribution >= 4 is 17.3 Å². The fraction of sp³-hybridized carbons (Fsp3) is 0.667. The molecule has 4 nitrogen and oxygen atoms in total. The third-order valence-corrected chi connectivity index (χ3v) is 5.31. The average molecular weight is 296 g/mol. The monoisotopic (exact) mass is 296 g/mol. The van der Waals surface area contributed by atoms with Gasteiger partial charge in [0.2, 0.25) is 0 Å². The molecule has 1 aliphatic heterocycles. The first-order chi connectivity index (χ1) is 9.58. The van der Waals surface area contributed by atoms with Crippen LogP contribution in [0.3, 0.4) is 0 Å². The number of carboxylic acids is 1. The van der Waals surface area contributed by atoms with Crippen LogP contribution >= 0.6 is 11.3 Å². The molecule has 1 unspecified atom stereocenters. The second kappa shape index (κ2) is 5.37. The maximum atomic E-state index is 11.1. The number of ether oxygens (including phenoxy) is 2. The van der Waals surface area contributed by atoms with E-state index < -0.39 is 5.97 Å². The van der Waals surface area contributed by atoms with Gasteiger partial charge in [0.15, 0.2) is 4.88 Å². The van der Waals surface area contributed by atoms with E-state index in [0.29, 0.717) is 12.4 Å². The second-order valence-electron chi connectivity index (χ2n) is 5.84. The van der Waals surface area contributed by atoms with Gasteiger partial charge in [-0.15, -0.1) is 11.3 Å². The molecule has 5 heteroatoms. The first-order valence-electron chi connectivity index (χ1n) is 7.22. The van der Waals surface area contributed by atoms with Gasteiger partial charge in [-0.1, -0.05) is 12.8 Å². The zero-order valence-electron chi connectivity index (χ0n) is 11.7. The van der Waals surface area contributed by atoms with Gasteiger partial charge in [-0.2, -0.15) is 0 Å². The Balaban J connectivity index is 1.59. The van der Waals surface area contributed by atoms with Crippen LogP contribution in [0.5, 0.6) is 5.75 Å². The van der Waals surface area contributed by atoms with Crippen molar-refractivity contribution in [1.29, 1.82) is 0 Å². The van der Waals surface area contributed by atoms with E-state index in [2.05, 4.69) is 0 Å². The molecule has 110 valence electrons. The summed E-state index contributed by atoms with van der Waals surface area (Å²) in [5.74, 6) is -0.436. The Bertz CT molecular complexity index is 502. The molecular weight excluding hydrogens is 276 g/mol. The lowest BCUT2D eigenvalue weighted by Gasteiger charge is -2.23. The van der Waals surface area contributed by atoms with E-state index in [1.54, 1.807) is 6.07 Å². The van der Waals surface area contributed by atoms with Crippen molar-refractivity contribution in [2.45, 2.75) is 57.2 Å². The number of hydrogen-bond acceptors (Lipinski definition) is 4. The summed E-state index contributed by atoms with van der Waals surface area (Å²) in [6, 6.07) is 1.80. The summed E-state index contributed by atoms with van der Waals surface area (Å²) in [6.07, 6.45) is 7.11. The molecule has 1 aromatic heterocycles. The number of carboxylic acid groups (broad SMARTS) is 1. The third kappa shape index (κ3) is 2.69. The quantitative estimate of drug-likeness (QED) is 0.922. The van der Waals surface area contributed by atoms with E-state index in [-0.39, 0.29) is 16.6 Å². The van der Waals surface area contributed by atoms with E-state index in [9.17, 15) is 4.79 Å². The lowest BCUT2D eigenvalue weighted by molar-refractivity contribution is -0.0509. The zero-order chi connectivity index (χ0) is 14.2. The molecule has 2 heterocycles. The van der Waals surface area contributed by atoms with Crippen LogP contribution in [0.25, 0.3) is 0 Å². The number of thiophene rings is 1. The van der Waals surface area contributed by atoms with Crippen LogP contribution in [0.2, 0.25) is 0 Å². The fourth-order valence-electron chi connectivity index (χ4n) is 3.33. The summed E-state index contributed by atoms with van der Waals surface area (Å²) in [7, 11) is 0. The Hall–Kier alpha value is -1.07. The molecule has 3 rings (SSSR count). The van der Waals surface area contributed by atoms with Crippen LogP contribution in [0.15, 0.2) is 6.07 Å². The van der Waals surface area contributed by atoms with E-state index in [1.807, 2.05) is 6.92 Å². The minimum Gasteiger partial charge on any atom is -0.489 e. The highest BCUT2D eigenvalue weighted by atomic mass is 32.1. The normalized spacial score (nSPS) is 24.4. The van der Waals surface area contributed by atoms with Crippen molar-refractivity contribution in [3.05, 3.63) is 15.8 Å². The summed E-state index contributed by atoms with van der Waals surface area (Å²) < 4.78 is 11.9. The van der Waals surface area contributed by atoms with E-state index in [1.165, 1.54) is 37.0 Å². The molecule has 2 fully saturated rings. The highest BCUT2D eigenvalue weighted by Gasteiger charge is 2.42. The third-order valence-electron chi connectivity index (χ3n) is 4.29. The van der Waals surface area contributed by atoms with Gasteiger partial charge in [-0.25, -0.2) is 4.79 Å². The fourth-order valence-corrected chi connectivity index (χ4v) is 4.12. The van der Waals surface area contributed by atoms with Gasteiger partial charge in [-0.3, -0.25) is 0 Å². The summed E-state index contributed by atoms with van der Waals surface area (Å²) in [4.78, 5) is 12.4. The van der Waals surface area contributed by atoms with Crippen LogP contribution in [0.4, 0.5) is 0 Å². The number of carbonyl (C=O) groups is 1. The van der Waals surface area contributed by atoms with E-state index >= 15 is 0 Å². The van der Waals surface area contributed by atoms with Crippen LogP contribution in [-0.4, -0.2) is 29.4 Å². The molecule has 0 aromatic carbocycles. The smallest absolute Gasteiger partial charge is 0.349 e. The van der Waals surface area contributed by atoms with Crippen molar-refractivity contribution in [1.82, 2.24) is 0 Å². The molecule has 1 N–H and O–H groups in total. The molecule has 1 saturated heterocycles. The maximum absolute atomic E-state index is 11.1. The molecule has 1 atom stereocenters. The van der Waals surface area contributed by atoms with Crippen molar-refractivity contribution in [3.8, 4) is 5.75 Å². The van der Waals surface area contributed by atoms with Gasteiger partial charge in [0.05, 0.1) is 11.7 Å². The molecule has 2 aliphatic rings. The molecule has 1 aliphatic carbocycles. The largest absolute Gasteiger partial charge is 0.489 e. The van der Waals surface area contributed by atoms with Crippen molar-refractivity contribution < 1.29 is 19.4 Å². The average Bonchev–Trinajstić information content (AvgIpc) is 3.09. The molecule has 1 spiro atoms. The summed E-state index contributed by atoms with van der Waals surface area (Å²) in [5, 5.41) is 9.14. The predicted octanol–water partition coefficient (Wildman–Crippen LogP) is 3.63. The Labute approximate surface area is 122 Å². The van der Waals surface area contributed by atoms with E-state index in [4.69, 9.17) is 14.6 Å². The minimum atomic E-state index is -0.919. The number of aryl methyl sites for hydroxylation is 1. The molecule has 0 radical (unpaired) electrons. The van der Waals surface area contributed by atoms with Gasteiger partial charge >= 0.3 is 5.97 Å². The molecular formula is C15H20O4S. The van der Waals surface area contributed by atoms with Gasteiger partial charge in [0.1, 0.15) is 12.4 Å². The van der Waals surface area contributed by atoms with Gasteiger partial charge in [0, 0.05) is 4.88 Å². The molecule has 0 bridgehead atoms. The number of aromatic carboxylic acids is 1. The molecule has 1 aromatic rings. The first kappa shape index (κ1) is 13.9. The van der Waals surface area contributed by atoms with Crippen LogP contribution in [0.1, 0.15) is 53.1 Å². The van der Waals surface area contributed by atoms with E-state index in [0.717, 1.165) is 17.7 Å². The number of rotatable bonds is 4. The Morgan fingerprint density at radius 2 is 2.25 bits per heavy atom. The Morgan fingerprint density at radius 3 is 2.95 bits per heavy atom. The second-order valence-corrected chi connectivity index (χ2v) is 7.09. The number of hydrogen-bond donors (Lipinski definition) is 1. The summed E-state index contributed by atoms with van der Waals surface area (Å²) in [6.45, 7) is 2.35. The minimum absolute atomic E-state index is 0.105. The molecule has 1 saturated carbocycles. The lowest BCUT2D eigenvalue weighted by Crippen LogP contribution is -2.27. The zero-order valence-corrected chi connectivity index (χ0v) is 12.5. The maximum Gasteiger partial charge on any atom is 0.349 e. The molecule has 0 amide bonds. The summed E-state index contributed by atoms with van der Waals surface area (Å²) >= 11 is 1.26. The topological polar surface area (TPSA) is 55.8 Å². The summed E-state index contributed by atoms with van der Waals surface area (Å²) in [5.41, 5.74) is 0.105. The van der Waals surface area contributed by atoms with Crippen molar-refractivity contribution in [2.24, 2.45) is 0 Å². The molecule has 20 heavy (non-hydrogen) atoms. The first-order valence-corrected chi connectivity index (χ1v) is 8.04. The van der Waals surface area contributed by atoms with Crippen molar-refractivity contribution in [3.63, 3.8) is 0 Å². The van der Waals surface area contributed by atoms with Gasteiger partial charge in [-0.05, 0) is 38.7 Å². The SMILES string of the molecule is Cc1cc(OCC2CCC3(CCCC3)O2)c(C(=O)O)s1. The van der Waals surface area contributed by atoms with Gasteiger partial charge < -0.3 is 14.6 Å². The standard InChI is InChI=1S/C15H20O4S/c1-10-8-12(13(20-10)14(16)17)18-9-11-4-7-15(19-11)5-2-3-6-15/h8,11H,2-7,9H2,1H3,(H,16,17). The Morgan fingerprint density at radius 1 is 1.50 bits per heavy atom. The van der Waals surface area contributed by atoms with Crippen molar-refractivity contribution in [2.75, 3.05) is 6.61 Å². The highest BCUT2D eigenvalue weighted by Crippen LogP contribution is 2.43. The van der Waals surface area contributed by atoms with Crippen LogP contribution < -0.4 is 4.74 Å². The van der Waals surface area contributed by atoms with Crippen LogP contribution in [-0.2, 0) is 4.74 Å². The predicted molar refractivity (Wildman–Crippen MR) is 76.8 cm³/mol. The lowest BCUT2D eigenvalue weighted by atomic mass is 9.98. The Kier molecular flexibility index (Phi) is 3.73. The van der Waals surface area contributed by atoms with Crippen LogP contribution in [0, 0.1) is 6.92 Å². The van der Waals surface area contributed by atoms with Gasteiger partial charge in [0.25, 0.3) is 0 Å².